The highest BCUT2D eigenvalue weighted by atomic mass is 16.4. The van der Waals surface area contributed by atoms with Crippen molar-refractivity contribution in [3.8, 4) is 0 Å². The fourth-order valence-electron chi connectivity index (χ4n) is 7.17. The molecule has 19 nitrogen and oxygen atoms in total. The van der Waals surface area contributed by atoms with E-state index < -0.39 is 79.0 Å². The lowest BCUT2D eigenvalue weighted by molar-refractivity contribution is -0.150. The minimum atomic E-state index is -1.45. The molecule has 0 radical (unpaired) electrons. The first kappa shape index (κ1) is 41.5. The predicted molar refractivity (Wildman–Crippen MR) is 194 cm³/mol. The Bertz CT molecular complexity index is 1560. The van der Waals surface area contributed by atoms with E-state index in [4.69, 9.17) is 17.2 Å². The summed E-state index contributed by atoms with van der Waals surface area (Å²) in [6.07, 6.45) is 3.41. The quantitative estimate of drug-likeness (QED) is 0.0442. The van der Waals surface area contributed by atoms with Crippen LogP contribution < -0.4 is 33.2 Å². The zero-order valence-electron chi connectivity index (χ0n) is 30.2. The number of guanidine groups is 1. The molecule has 0 bridgehead atoms. The van der Waals surface area contributed by atoms with Crippen molar-refractivity contribution in [2.24, 2.45) is 22.2 Å². The Morgan fingerprint density at radius 2 is 1.43 bits per heavy atom. The van der Waals surface area contributed by atoms with Crippen LogP contribution in [0.4, 0.5) is 0 Å². The third-order valence-electron chi connectivity index (χ3n) is 9.92. The fraction of sp³-hybridized carbons (Fsp3) is 0.600. The van der Waals surface area contributed by atoms with Gasteiger partial charge in [0.2, 0.25) is 35.4 Å². The van der Waals surface area contributed by atoms with Crippen molar-refractivity contribution < 1.29 is 43.8 Å². The van der Waals surface area contributed by atoms with Crippen molar-refractivity contribution in [1.82, 2.24) is 30.7 Å². The van der Waals surface area contributed by atoms with Crippen LogP contribution in [0.25, 0.3) is 0 Å². The normalized spacial score (nSPS) is 21.1. The van der Waals surface area contributed by atoms with Crippen LogP contribution in [0.5, 0.6) is 0 Å². The van der Waals surface area contributed by atoms with Crippen LogP contribution in [0, 0.1) is 0 Å². The highest BCUT2D eigenvalue weighted by Crippen LogP contribution is 2.26. The molecule has 0 saturated carbocycles. The first-order chi connectivity index (χ1) is 25.8. The molecule has 3 heterocycles. The number of nitrogens with one attached hydrogen (secondary N) is 3. The van der Waals surface area contributed by atoms with Gasteiger partial charge in [-0.15, -0.1) is 0 Å². The van der Waals surface area contributed by atoms with Crippen molar-refractivity contribution >= 4 is 47.4 Å². The summed E-state index contributed by atoms with van der Waals surface area (Å²) < 4.78 is 0. The molecule has 19 heteroatoms. The first-order valence-corrected chi connectivity index (χ1v) is 18.3. The molecule has 54 heavy (non-hydrogen) atoms. The average Bonchev–Trinajstić information content (AvgIpc) is 3.95. The van der Waals surface area contributed by atoms with Crippen LogP contribution in [0.15, 0.2) is 35.3 Å². The molecule has 3 fully saturated rings. The van der Waals surface area contributed by atoms with E-state index in [1.54, 1.807) is 30.3 Å². The third-order valence-corrected chi connectivity index (χ3v) is 9.92. The van der Waals surface area contributed by atoms with Gasteiger partial charge in [-0.2, -0.15) is 0 Å². The summed E-state index contributed by atoms with van der Waals surface area (Å²) in [6, 6.07) is 2.47. The fourth-order valence-corrected chi connectivity index (χ4v) is 7.17. The summed E-state index contributed by atoms with van der Waals surface area (Å²) >= 11 is 0. The Morgan fingerprint density at radius 1 is 0.815 bits per heavy atom. The smallest absolute Gasteiger partial charge is 0.326 e. The molecular formula is C35H52N10O9. The molecule has 0 unspecified atom stereocenters. The van der Waals surface area contributed by atoms with Crippen LogP contribution in [0.3, 0.4) is 0 Å². The Hall–Kier alpha value is -5.30. The number of carboxylic acid groups (broad SMARTS) is 1. The molecular weight excluding hydrogens is 704 g/mol. The van der Waals surface area contributed by atoms with Gasteiger partial charge in [0.1, 0.15) is 30.2 Å². The standard InChI is InChI=1S/C35H52N10O9/c36-22(10-4-14-39-35(37)38)31(50)44-16-6-12-26(44)33(52)43-15-5-11-25(43)30(49)40-19-28(47)41-23(18-21-8-2-1-3-9-21)29(48)42-24(20-46)32(51)45-17-7-13-27(45)34(53)54/h1-3,8-9,22-27,46H,4-7,10-20,36H2,(H,40,49)(H,41,47)(H,42,48)(H,53,54)(H4,37,38,39)/t22-,23+,24+,25+,26+,27+/m0/s1. The highest BCUT2D eigenvalue weighted by Gasteiger charge is 2.43. The lowest BCUT2D eigenvalue weighted by Gasteiger charge is -2.32. The number of rotatable bonds is 17. The number of aliphatic imine (C=N–C) groups is 1. The van der Waals surface area contributed by atoms with Gasteiger partial charge in [0.05, 0.1) is 19.2 Å². The van der Waals surface area contributed by atoms with Crippen molar-refractivity contribution in [3.05, 3.63) is 35.9 Å². The number of carboxylic acids is 1. The molecule has 0 spiro atoms. The first-order valence-electron chi connectivity index (χ1n) is 18.3. The molecule has 0 aliphatic carbocycles. The van der Waals surface area contributed by atoms with Crippen LogP contribution in [-0.4, -0.2) is 148 Å². The second-order valence-electron chi connectivity index (χ2n) is 13.7. The van der Waals surface area contributed by atoms with Crippen LogP contribution in [0.2, 0.25) is 0 Å². The summed E-state index contributed by atoms with van der Waals surface area (Å²) in [5, 5.41) is 27.1. The third kappa shape index (κ3) is 10.9. The maximum absolute atomic E-state index is 13.7. The molecule has 0 aromatic heterocycles. The number of carbonyl (C=O) groups is 7. The Balaban J connectivity index is 1.35. The molecule has 4 rings (SSSR count). The van der Waals surface area contributed by atoms with Gasteiger partial charge >= 0.3 is 5.97 Å². The lowest BCUT2D eigenvalue weighted by atomic mass is 10.0. The lowest BCUT2D eigenvalue weighted by Crippen LogP contribution is -2.58. The zero-order chi connectivity index (χ0) is 39.4. The SMILES string of the molecule is NC(N)=NCCC[C@H](N)C(=O)N1CCC[C@@H]1C(=O)N1CCC[C@@H]1C(=O)NCC(=O)N[C@H](Cc1ccccc1)C(=O)N[C@H](CO)C(=O)N1CCC[C@@H]1C(=O)O. The van der Waals surface area contributed by atoms with Gasteiger partial charge < -0.3 is 58.1 Å². The van der Waals surface area contributed by atoms with Crippen molar-refractivity contribution in [2.45, 2.75) is 94.0 Å². The van der Waals surface area contributed by atoms with Gasteiger partial charge in [-0.3, -0.25) is 33.8 Å². The monoisotopic (exact) mass is 756 g/mol. The summed E-state index contributed by atoms with van der Waals surface area (Å²) in [5.41, 5.74) is 17.5. The summed E-state index contributed by atoms with van der Waals surface area (Å²) in [5.74, 6) is -4.83. The van der Waals surface area contributed by atoms with E-state index in [2.05, 4.69) is 20.9 Å². The maximum atomic E-state index is 13.7. The number of aliphatic hydroxyl groups is 1. The van der Waals surface area contributed by atoms with E-state index in [0.29, 0.717) is 70.1 Å². The van der Waals surface area contributed by atoms with Crippen LogP contribution >= 0.6 is 0 Å². The van der Waals surface area contributed by atoms with E-state index in [-0.39, 0.29) is 37.2 Å². The predicted octanol–water partition coefficient (Wildman–Crippen LogP) is -3.25. The van der Waals surface area contributed by atoms with Gasteiger partial charge in [0.25, 0.3) is 0 Å². The minimum Gasteiger partial charge on any atom is -0.480 e. The number of benzene rings is 1. The summed E-state index contributed by atoms with van der Waals surface area (Å²) in [7, 11) is 0. The molecule has 6 atom stereocenters. The number of aliphatic hydroxyl groups excluding tert-OH is 1. The van der Waals surface area contributed by atoms with E-state index in [1.165, 1.54) is 9.80 Å². The van der Waals surface area contributed by atoms with Gasteiger partial charge in [-0.05, 0) is 56.9 Å². The van der Waals surface area contributed by atoms with E-state index in [9.17, 15) is 43.8 Å². The second-order valence-corrected chi connectivity index (χ2v) is 13.7. The number of hydrogen-bond donors (Lipinski definition) is 8. The topological polar surface area (TPSA) is 296 Å². The number of carbonyl (C=O) groups excluding carboxylic acids is 6. The average molecular weight is 757 g/mol. The van der Waals surface area contributed by atoms with E-state index in [1.807, 2.05) is 0 Å². The van der Waals surface area contributed by atoms with Gasteiger partial charge in [0, 0.05) is 32.6 Å². The van der Waals surface area contributed by atoms with E-state index in [0.717, 1.165) is 4.90 Å². The number of aliphatic carboxylic acids is 1. The van der Waals surface area contributed by atoms with Gasteiger partial charge in [-0.25, -0.2) is 4.79 Å². The van der Waals surface area contributed by atoms with Crippen molar-refractivity contribution in [1.29, 1.82) is 0 Å². The summed E-state index contributed by atoms with van der Waals surface area (Å²) in [4.78, 5) is 99.6. The Labute approximate surface area is 313 Å². The van der Waals surface area contributed by atoms with E-state index >= 15 is 0 Å². The molecule has 11 N–H and O–H groups in total. The maximum Gasteiger partial charge on any atom is 0.326 e. The van der Waals surface area contributed by atoms with Crippen LogP contribution in [0.1, 0.15) is 56.9 Å². The molecule has 1 aromatic carbocycles. The Kier molecular flexibility index (Phi) is 15.1. The number of nitrogens with two attached hydrogens (primary N) is 3. The molecule has 3 saturated heterocycles. The number of likely N-dealkylation sites (tertiary alicyclic amines) is 3. The molecule has 296 valence electrons. The zero-order valence-corrected chi connectivity index (χ0v) is 30.2. The van der Waals surface area contributed by atoms with Gasteiger partial charge in [0.15, 0.2) is 5.96 Å². The van der Waals surface area contributed by atoms with Crippen molar-refractivity contribution in [3.63, 3.8) is 0 Å². The van der Waals surface area contributed by atoms with Crippen LogP contribution in [-0.2, 0) is 40.0 Å². The number of amides is 6. The summed E-state index contributed by atoms with van der Waals surface area (Å²) in [6.45, 7) is -0.212. The second kappa shape index (κ2) is 19.7. The molecule has 6 amide bonds. The van der Waals surface area contributed by atoms with Crippen molar-refractivity contribution in [2.75, 3.05) is 39.3 Å². The number of nitrogens with zero attached hydrogens (tertiary/aromatic N) is 4. The molecule has 3 aliphatic heterocycles. The molecule has 3 aliphatic rings. The largest absolute Gasteiger partial charge is 0.480 e. The minimum absolute atomic E-state index is 0.00159. The Morgan fingerprint density at radius 3 is 2.06 bits per heavy atom. The molecule has 1 aromatic rings. The van der Waals surface area contributed by atoms with Gasteiger partial charge in [-0.1, -0.05) is 30.3 Å². The highest BCUT2D eigenvalue weighted by molar-refractivity contribution is 5.96. The number of hydrogen-bond acceptors (Lipinski definition) is 10.